The Morgan fingerprint density at radius 2 is 0.912 bits per heavy atom. The lowest BCUT2D eigenvalue weighted by Crippen LogP contribution is -2.18. The van der Waals surface area contributed by atoms with Crippen LogP contribution in [0.25, 0.3) is 0 Å². The van der Waals surface area contributed by atoms with E-state index >= 15 is 0 Å². The number of rotatable bonds is 8. The number of hydrogen-bond donors (Lipinski definition) is 0. The standard InChI is InChI=1S/C32H34O2/c1-6-24-7-15-28(16-8-24)33-30-19-11-26(12-20-30)32(4,5)27-13-21-31(22-14-27)34-29-17-9-25(10-18-29)23(2)3/h7-23H,6H2,1-5H3. The molecule has 0 fully saturated rings. The van der Waals surface area contributed by atoms with Crippen molar-refractivity contribution in [3.63, 3.8) is 0 Å². The molecule has 0 amide bonds. The van der Waals surface area contributed by atoms with Crippen LogP contribution in [-0.4, -0.2) is 0 Å². The molecule has 0 heterocycles. The first-order valence-electron chi connectivity index (χ1n) is 12.1. The lowest BCUT2D eigenvalue weighted by Gasteiger charge is -2.26. The van der Waals surface area contributed by atoms with Gasteiger partial charge in [0, 0.05) is 5.41 Å². The van der Waals surface area contributed by atoms with E-state index in [2.05, 4.69) is 83.1 Å². The molecule has 4 aromatic carbocycles. The third kappa shape index (κ3) is 5.51. The third-order valence-electron chi connectivity index (χ3n) is 6.50. The van der Waals surface area contributed by atoms with Crippen LogP contribution >= 0.6 is 0 Å². The van der Waals surface area contributed by atoms with Gasteiger partial charge in [-0.05, 0) is 83.1 Å². The summed E-state index contributed by atoms with van der Waals surface area (Å²) in [4.78, 5) is 0. The molecule has 0 aromatic heterocycles. The van der Waals surface area contributed by atoms with Crippen molar-refractivity contribution in [1.82, 2.24) is 0 Å². The van der Waals surface area contributed by atoms with Crippen molar-refractivity contribution < 1.29 is 9.47 Å². The molecule has 34 heavy (non-hydrogen) atoms. The van der Waals surface area contributed by atoms with Crippen LogP contribution in [0, 0.1) is 0 Å². The molecule has 2 nitrogen and oxygen atoms in total. The normalized spacial score (nSPS) is 11.5. The molecule has 2 heteroatoms. The Kier molecular flexibility index (Phi) is 7.07. The summed E-state index contributed by atoms with van der Waals surface area (Å²) < 4.78 is 12.1. The number of benzene rings is 4. The molecular formula is C32H34O2. The van der Waals surface area contributed by atoms with Crippen molar-refractivity contribution in [3.8, 4) is 23.0 Å². The van der Waals surface area contributed by atoms with Crippen LogP contribution in [0.2, 0.25) is 0 Å². The average Bonchev–Trinajstić information content (AvgIpc) is 2.85. The first-order chi connectivity index (χ1) is 16.3. The van der Waals surface area contributed by atoms with Gasteiger partial charge in [0.1, 0.15) is 23.0 Å². The van der Waals surface area contributed by atoms with Gasteiger partial charge in [0.25, 0.3) is 0 Å². The topological polar surface area (TPSA) is 18.5 Å². The van der Waals surface area contributed by atoms with E-state index in [-0.39, 0.29) is 5.41 Å². The summed E-state index contributed by atoms with van der Waals surface area (Å²) in [5.74, 6) is 3.92. The molecule has 0 saturated heterocycles. The Morgan fingerprint density at radius 1 is 0.559 bits per heavy atom. The van der Waals surface area contributed by atoms with E-state index in [1.54, 1.807) is 0 Å². The van der Waals surface area contributed by atoms with E-state index in [1.807, 2.05) is 48.5 Å². The predicted octanol–water partition coefficient (Wildman–Crippen LogP) is 9.28. The fourth-order valence-electron chi connectivity index (χ4n) is 4.03. The van der Waals surface area contributed by atoms with Gasteiger partial charge >= 0.3 is 0 Å². The molecule has 0 unspecified atom stereocenters. The fourth-order valence-corrected chi connectivity index (χ4v) is 4.03. The maximum absolute atomic E-state index is 6.06. The summed E-state index contributed by atoms with van der Waals surface area (Å²) in [6, 6.07) is 33.4. The second kappa shape index (κ2) is 10.2. The third-order valence-corrected chi connectivity index (χ3v) is 6.50. The minimum Gasteiger partial charge on any atom is -0.457 e. The molecule has 4 aromatic rings. The fraction of sp³-hybridized carbons (Fsp3) is 0.250. The Bertz CT molecular complexity index is 1180. The van der Waals surface area contributed by atoms with Gasteiger partial charge in [0.15, 0.2) is 0 Å². The van der Waals surface area contributed by atoms with Gasteiger partial charge in [0.2, 0.25) is 0 Å². The summed E-state index contributed by atoms with van der Waals surface area (Å²) in [7, 11) is 0. The zero-order chi connectivity index (χ0) is 24.1. The first kappa shape index (κ1) is 23.6. The van der Waals surface area contributed by atoms with Crippen molar-refractivity contribution in [2.75, 3.05) is 0 Å². The molecule has 0 aliphatic heterocycles. The Balaban J connectivity index is 1.43. The quantitative estimate of drug-likeness (QED) is 0.266. The van der Waals surface area contributed by atoms with Crippen molar-refractivity contribution >= 4 is 0 Å². The van der Waals surface area contributed by atoms with Crippen LogP contribution in [-0.2, 0) is 11.8 Å². The molecule has 0 atom stereocenters. The van der Waals surface area contributed by atoms with Crippen molar-refractivity contribution in [2.24, 2.45) is 0 Å². The largest absolute Gasteiger partial charge is 0.457 e. The van der Waals surface area contributed by atoms with Crippen LogP contribution in [0.4, 0.5) is 0 Å². The van der Waals surface area contributed by atoms with Crippen molar-refractivity contribution in [2.45, 2.75) is 52.4 Å². The Labute approximate surface area is 204 Å². The van der Waals surface area contributed by atoms with E-state index in [9.17, 15) is 0 Å². The molecule has 0 aliphatic rings. The Hall–Kier alpha value is -3.52. The van der Waals surface area contributed by atoms with Crippen molar-refractivity contribution in [1.29, 1.82) is 0 Å². The average molecular weight is 451 g/mol. The summed E-state index contributed by atoms with van der Waals surface area (Å²) in [6.45, 7) is 11.0. The maximum Gasteiger partial charge on any atom is 0.127 e. The minimum absolute atomic E-state index is 0.140. The smallest absolute Gasteiger partial charge is 0.127 e. The Morgan fingerprint density at radius 3 is 1.26 bits per heavy atom. The van der Waals surface area contributed by atoms with Crippen LogP contribution in [0.15, 0.2) is 97.1 Å². The second-order valence-corrected chi connectivity index (χ2v) is 9.60. The van der Waals surface area contributed by atoms with Crippen LogP contribution in [0.5, 0.6) is 23.0 Å². The molecule has 0 radical (unpaired) electrons. The molecule has 0 saturated carbocycles. The van der Waals surface area contributed by atoms with Gasteiger partial charge in [-0.2, -0.15) is 0 Å². The summed E-state index contributed by atoms with van der Waals surface area (Å²) in [6.07, 6.45) is 1.03. The lowest BCUT2D eigenvalue weighted by atomic mass is 9.78. The maximum atomic E-state index is 6.06. The molecule has 0 aliphatic carbocycles. The van der Waals surface area contributed by atoms with Gasteiger partial charge in [0.05, 0.1) is 0 Å². The van der Waals surface area contributed by atoms with Gasteiger partial charge < -0.3 is 9.47 Å². The van der Waals surface area contributed by atoms with Crippen molar-refractivity contribution in [3.05, 3.63) is 119 Å². The van der Waals surface area contributed by atoms with Gasteiger partial charge in [-0.1, -0.05) is 83.1 Å². The number of ether oxygens (including phenoxy) is 2. The SMILES string of the molecule is CCc1ccc(Oc2ccc(C(C)(C)c3ccc(Oc4ccc(C(C)C)cc4)cc3)cc2)cc1. The van der Waals surface area contributed by atoms with Gasteiger partial charge in [-0.15, -0.1) is 0 Å². The van der Waals surface area contributed by atoms with Crippen LogP contribution in [0.1, 0.15) is 62.8 Å². The van der Waals surface area contributed by atoms with Crippen LogP contribution in [0.3, 0.4) is 0 Å². The highest BCUT2D eigenvalue weighted by atomic mass is 16.5. The minimum atomic E-state index is -0.140. The first-order valence-corrected chi connectivity index (χ1v) is 12.1. The van der Waals surface area contributed by atoms with E-state index < -0.39 is 0 Å². The van der Waals surface area contributed by atoms with Crippen LogP contribution < -0.4 is 9.47 Å². The summed E-state index contributed by atoms with van der Waals surface area (Å²) in [5.41, 5.74) is 4.96. The monoisotopic (exact) mass is 450 g/mol. The lowest BCUT2D eigenvalue weighted by molar-refractivity contribution is 0.481. The second-order valence-electron chi connectivity index (χ2n) is 9.60. The van der Waals surface area contributed by atoms with E-state index in [4.69, 9.17) is 9.47 Å². The molecule has 0 N–H and O–H groups in total. The summed E-state index contributed by atoms with van der Waals surface area (Å²) >= 11 is 0. The van der Waals surface area contributed by atoms with Gasteiger partial charge in [-0.25, -0.2) is 0 Å². The molecule has 4 rings (SSSR count). The number of hydrogen-bond acceptors (Lipinski definition) is 2. The highest BCUT2D eigenvalue weighted by Gasteiger charge is 2.23. The molecule has 0 spiro atoms. The molecule has 0 bridgehead atoms. The van der Waals surface area contributed by atoms with Gasteiger partial charge in [-0.3, -0.25) is 0 Å². The van der Waals surface area contributed by atoms with E-state index in [0.29, 0.717) is 5.92 Å². The number of aryl methyl sites for hydroxylation is 1. The molecular weight excluding hydrogens is 416 g/mol. The highest BCUT2D eigenvalue weighted by molar-refractivity contribution is 5.43. The highest BCUT2D eigenvalue weighted by Crippen LogP contribution is 2.35. The van der Waals surface area contributed by atoms with E-state index in [1.165, 1.54) is 22.3 Å². The zero-order valence-corrected chi connectivity index (χ0v) is 20.8. The predicted molar refractivity (Wildman–Crippen MR) is 142 cm³/mol. The molecule has 174 valence electrons. The summed E-state index contributed by atoms with van der Waals surface area (Å²) in [5, 5.41) is 0. The van der Waals surface area contributed by atoms with E-state index in [0.717, 1.165) is 29.4 Å². The zero-order valence-electron chi connectivity index (χ0n) is 20.8.